The minimum absolute atomic E-state index is 0.390. The molecule has 0 bridgehead atoms. The van der Waals surface area contributed by atoms with Gasteiger partial charge in [-0.3, -0.25) is 9.98 Å². The molecule has 8 heteroatoms. The van der Waals surface area contributed by atoms with Crippen molar-refractivity contribution in [1.82, 2.24) is 0 Å². The number of rotatable bonds is 19. The fraction of sp³-hybridized carbons (Fsp3) is 0.941. The van der Waals surface area contributed by atoms with Gasteiger partial charge in [0, 0.05) is 13.2 Å². The van der Waals surface area contributed by atoms with Crippen LogP contribution in [0.5, 0.6) is 0 Å². The van der Waals surface area contributed by atoms with Crippen molar-refractivity contribution in [3.63, 3.8) is 0 Å². The second-order valence-electron chi connectivity index (χ2n) is 15.3. The first-order chi connectivity index (χ1) is 19.8. The first-order valence-corrected chi connectivity index (χ1v) is 24.2. The maximum absolute atomic E-state index is 6.01. The molecule has 2 saturated carbocycles. The second kappa shape index (κ2) is 19.2. The molecule has 6 nitrogen and oxygen atoms in total. The summed E-state index contributed by atoms with van der Waals surface area (Å²) in [5.41, 5.74) is 2.49. The van der Waals surface area contributed by atoms with Crippen LogP contribution in [0.25, 0.3) is 0 Å². The van der Waals surface area contributed by atoms with Crippen LogP contribution in [0.4, 0.5) is 0 Å². The Hall–Kier alpha value is -0.386. The molecular formula is C34H68N2O4Si2. The Morgan fingerprint density at radius 2 is 0.857 bits per heavy atom. The average Bonchev–Trinajstić information content (AvgIpc) is 2.88. The molecule has 0 N–H and O–H groups in total. The minimum atomic E-state index is -1.49. The third kappa shape index (κ3) is 15.6. The van der Waals surface area contributed by atoms with Crippen LogP contribution in [-0.4, -0.2) is 79.8 Å². The van der Waals surface area contributed by atoms with Crippen LogP contribution >= 0.6 is 0 Å². The molecule has 0 amide bonds. The summed E-state index contributed by atoms with van der Waals surface area (Å²) >= 11 is 0. The zero-order chi connectivity index (χ0) is 31.2. The van der Waals surface area contributed by atoms with Gasteiger partial charge in [-0.15, -0.1) is 0 Å². The van der Waals surface area contributed by atoms with E-state index in [4.69, 9.17) is 28.3 Å². The molecule has 2 rings (SSSR count). The third-order valence-electron chi connectivity index (χ3n) is 8.84. The summed E-state index contributed by atoms with van der Waals surface area (Å²) in [6, 6.07) is 0.780. The number of hydrogen-bond acceptors (Lipinski definition) is 6. The Balaban J connectivity index is 2.16. The van der Waals surface area contributed by atoms with Crippen molar-refractivity contribution in [2.24, 2.45) is 33.7 Å². The molecule has 2 fully saturated rings. The lowest BCUT2D eigenvalue weighted by Gasteiger charge is -2.34. The first kappa shape index (κ1) is 37.8. The zero-order valence-corrected chi connectivity index (χ0v) is 31.3. The van der Waals surface area contributed by atoms with Gasteiger partial charge in [-0.2, -0.15) is 0 Å². The van der Waals surface area contributed by atoms with Crippen molar-refractivity contribution < 1.29 is 18.3 Å². The van der Waals surface area contributed by atoms with Gasteiger partial charge in [-0.1, -0.05) is 40.5 Å². The average molecular weight is 625 g/mol. The number of ether oxygens (including phenoxy) is 2. The zero-order valence-electron chi connectivity index (χ0n) is 29.3. The van der Waals surface area contributed by atoms with Gasteiger partial charge in [0.15, 0.2) is 16.6 Å². The lowest BCUT2D eigenvalue weighted by atomic mass is 9.78. The summed E-state index contributed by atoms with van der Waals surface area (Å²) in [6.45, 7) is 27.2. The predicted octanol–water partition coefficient (Wildman–Crippen LogP) is 8.81. The highest BCUT2D eigenvalue weighted by atomic mass is 28.4. The summed E-state index contributed by atoms with van der Waals surface area (Å²) in [4.78, 5) is 11.2. The van der Waals surface area contributed by atoms with Gasteiger partial charge in [0.05, 0.1) is 49.9 Å². The molecule has 2 aliphatic carbocycles. The highest BCUT2D eigenvalue weighted by molar-refractivity contribution is 6.70. The molecule has 42 heavy (non-hydrogen) atoms. The van der Waals surface area contributed by atoms with Gasteiger partial charge < -0.3 is 18.3 Å². The molecule has 0 aromatic heterocycles. The van der Waals surface area contributed by atoms with Gasteiger partial charge >= 0.3 is 0 Å². The Labute approximate surface area is 262 Å². The smallest absolute Gasteiger partial charge is 0.183 e. The summed E-state index contributed by atoms with van der Waals surface area (Å²) < 4.78 is 24.0. The Kier molecular flexibility index (Phi) is 17.3. The molecule has 0 heterocycles. The van der Waals surface area contributed by atoms with Gasteiger partial charge in [0.25, 0.3) is 0 Å². The molecule has 0 radical (unpaired) electrons. The fourth-order valence-electron chi connectivity index (χ4n) is 6.46. The highest BCUT2D eigenvalue weighted by Crippen LogP contribution is 2.33. The fourth-order valence-corrected chi connectivity index (χ4v) is 7.86. The second-order valence-corrected chi connectivity index (χ2v) is 24.3. The normalized spacial score (nSPS) is 28.3. The van der Waals surface area contributed by atoms with Crippen molar-refractivity contribution in [1.29, 1.82) is 0 Å². The number of nitrogens with zero attached hydrogens (tertiary/aromatic N) is 2. The van der Waals surface area contributed by atoms with E-state index in [0.29, 0.717) is 62.2 Å². The third-order valence-corrected chi connectivity index (χ3v) is 11.0. The van der Waals surface area contributed by atoms with E-state index in [-0.39, 0.29) is 0 Å². The van der Waals surface area contributed by atoms with Gasteiger partial charge in [0.1, 0.15) is 0 Å². The molecule has 0 aromatic rings. The minimum Gasteiger partial charge on any atom is -0.415 e. The molecule has 4 unspecified atom stereocenters. The van der Waals surface area contributed by atoms with Gasteiger partial charge in [-0.05, 0) is 114 Å². The molecule has 0 aliphatic heterocycles. The van der Waals surface area contributed by atoms with Crippen LogP contribution in [-0.2, 0) is 18.3 Å². The maximum atomic E-state index is 6.01. The lowest BCUT2D eigenvalue weighted by Crippen LogP contribution is -2.33. The Morgan fingerprint density at radius 3 is 1.17 bits per heavy atom. The van der Waals surface area contributed by atoms with Crippen LogP contribution in [0.3, 0.4) is 0 Å². The van der Waals surface area contributed by atoms with Crippen LogP contribution in [0.15, 0.2) is 9.98 Å². The van der Waals surface area contributed by atoms with Crippen molar-refractivity contribution in [3.05, 3.63) is 0 Å². The number of hydrogen-bond donors (Lipinski definition) is 0. The Morgan fingerprint density at radius 1 is 0.524 bits per heavy atom. The quantitative estimate of drug-likeness (QED) is 0.0818. The standard InChI is InChI=1S/C34H68N2O4Si2/c1-27-15-11-16-28(2)33(27)35-31(19-13-21-37-23-25-39-41(5,6)7)32(36-34-29(3)17-12-18-30(34)4)20-14-22-38-24-26-40-42(8,9)10/h27-30,33-34H,11-26H2,1-10H3. The van der Waals surface area contributed by atoms with Crippen LogP contribution in [0.2, 0.25) is 39.3 Å². The molecular weight excluding hydrogens is 557 g/mol. The summed E-state index contributed by atoms with van der Waals surface area (Å²) in [6.07, 6.45) is 11.6. The van der Waals surface area contributed by atoms with Gasteiger partial charge in [0.2, 0.25) is 0 Å². The summed E-state index contributed by atoms with van der Waals surface area (Å²) in [7, 11) is -2.98. The van der Waals surface area contributed by atoms with E-state index in [1.54, 1.807) is 0 Å². The van der Waals surface area contributed by atoms with E-state index in [2.05, 4.69) is 67.0 Å². The van der Waals surface area contributed by atoms with Crippen LogP contribution in [0.1, 0.15) is 91.9 Å². The molecule has 4 atom stereocenters. The molecule has 2 aliphatic rings. The lowest BCUT2D eigenvalue weighted by molar-refractivity contribution is 0.0968. The molecule has 0 saturated heterocycles. The molecule has 0 aromatic carbocycles. The van der Waals surface area contributed by atoms with E-state index in [1.165, 1.54) is 49.9 Å². The Bertz CT molecular complexity index is 722. The van der Waals surface area contributed by atoms with E-state index in [9.17, 15) is 0 Å². The topological polar surface area (TPSA) is 61.6 Å². The van der Waals surface area contributed by atoms with Crippen LogP contribution < -0.4 is 0 Å². The van der Waals surface area contributed by atoms with Crippen molar-refractivity contribution in [2.45, 2.75) is 143 Å². The molecule has 246 valence electrons. The maximum Gasteiger partial charge on any atom is 0.183 e. The van der Waals surface area contributed by atoms with E-state index >= 15 is 0 Å². The first-order valence-electron chi connectivity index (χ1n) is 17.3. The summed E-state index contributed by atoms with van der Waals surface area (Å²) in [5, 5.41) is 0. The van der Waals surface area contributed by atoms with Gasteiger partial charge in [-0.25, -0.2) is 0 Å². The number of aliphatic imine (C=N–C) groups is 2. The molecule has 0 spiro atoms. The highest BCUT2D eigenvalue weighted by Gasteiger charge is 2.30. The van der Waals surface area contributed by atoms with Crippen LogP contribution in [0, 0.1) is 23.7 Å². The van der Waals surface area contributed by atoms with E-state index in [1.807, 2.05) is 0 Å². The van der Waals surface area contributed by atoms with Crippen molar-refractivity contribution >= 4 is 28.1 Å². The van der Waals surface area contributed by atoms with Crippen molar-refractivity contribution in [2.75, 3.05) is 39.6 Å². The van der Waals surface area contributed by atoms with E-state index in [0.717, 1.165) is 38.9 Å². The summed E-state index contributed by atoms with van der Waals surface area (Å²) in [5.74, 6) is 2.51. The monoisotopic (exact) mass is 624 g/mol. The van der Waals surface area contributed by atoms with E-state index < -0.39 is 16.6 Å². The predicted molar refractivity (Wildman–Crippen MR) is 186 cm³/mol. The van der Waals surface area contributed by atoms with Crippen molar-refractivity contribution in [3.8, 4) is 0 Å². The SMILES string of the molecule is CC1CCCC(C)C1N=C(CCCOCCO[Si](C)(C)C)C(CCCOCCO[Si](C)(C)C)=NC1C(C)CCCC1C. The largest absolute Gasteiger partial charge is 0.415 e.